The molecule has 0 atom stereocenters. The zero-order chi connectivity index (χ0) is 20.2. The molecule has 0 saturated carbocycles. The molecule has 1 amide bonds. The lowest BCUT2D eigenvalue weighted by Gasteiger charge is -2.21. The molecular weight excluding hydrogens is 357 g/mol. The Morgan fingerprint density at radius 3 is 2.12 bits per heavy atom. The first kappa shape index (κ1) is 23.4. The van der Waals surface area contributed by atoms with Gasteiger partial charge in [0.05, 0.1) is 26.4 Å². The highest BCUT2D eigenvalue weighted by atomic mass is 19.4. The lowest BCUT2D eigenvalue weighted by Crippen LogP contribution is -2.80. The van der Waals surface area contributed by atoms with Crippen molar-refractivity contribution in [3.05, 3.63) is 35.9 Å². The number of carbonyl (C=O) groups excluding carboxylic acids is 2. The number of aliphatic carboxylic acids is 2. The number of amides is 1. The van der Waals surface area contributed by atoms with Gasteiger partial charge in [-0.25, -0.2) is 0 Å². The predicted octanol–water partition coefficient (Wildman–Crippen LogP) is -0.628. The third-order valence-electron chi connectivity index (χ3n) is 3.04. The maximum Gasteiger partial charge on any atom is 0.430 e. The van der Waals surface area contributed by atoms with Crippen LogP contribution in [0, 0.1) is 0 Å². The van der Waals surface area contributed by atoms with E-state index < -0.39 is 18.1 Å². The first-order valence-electron chi connectivity index (χ1n) is 7.67. The van der Waals surface area contributed by atoms with Crippen molar-refractivity contribution in [2.75, 3.05) is 20.1 Å². The molecule has 7 nitrogen and oxygen atoms in total. The van der Waals surface area contributed by atoms with Crippen LogP contribution in [0.3, 0.4) is 0 Å². The van der Waals surface area contributed by atoms with E-state index in [1.165, 1.54) is 0 Å². The average Bonchev–Trinajstić information content (AvgIpc) is 2.56. The monoisotopic (exact) mass is 378 g/mol. The van der Waals surface area contributed by atoms with Crippen molar-refractivity contribution in [1.82, 2.24) is 4.90 Å². The van der Waals surface area contributed by atoms with E-state index in [-0.39, 0.29) is 18.9 Å². The van der Waals surface area contributed by atoms with Gasteiger partial charge in [0.25, 0.3) is 0 Å². The fraction of sp³-hybridized carbons (Fsp3) is 0.438. The summed E-state index contributed by atoms with van der Waals surface area (Å²) in [6, 6.07) is 9.61. The van der Waals surface area contributed by atoms with Crippen LogP contribution in [0.4, 0.5) is 13.2 Å². The molecule has 0 fully saturated rings. The van der Waals surface area contributed by atoms with Crippen LogP contribution in [0.5, 0.6) is 0 Å². The largest absolute Gasteiger partial charge is 0.542 e. The molecule has 1 aromatic rings. The molecule has 0 aliphatic heterocycles. The Kier molecular flexibility index (Phi) is 10.7. The summed E-state index contributed by atoms with van der Waals surface area (Å²) in [7, 11) is 1.91. The number of carboxylic acid groups (broad SMARTS) is 2. The van der Waals surface area contributed by atoms with Gasteiger partial charge >= 0.3 is 12.1 Å². The van der Waals surface area contributed by atoms with Gasteiger partial charge in [-0.3, -0.25) is 9.59 Å². The summed E-state index contributed by atoms with van der Waals surface area (Å²) < 4.78 is 31.5. The van der Waals surface area contributed by atoms with Crippen molar-refractivity contribution in [3.8, 4) is 0 Å². The molecule has 0 bridgehead atoms. The number of carboxylic acids is 2. The summed E-state index contributed by atoms with van der Waals surface area (Å²) in [5.74, 6) is -3.89. The molecular formula is C16H21F3N2O5. The molecule has 0 aromatic heterocycles. The normalized spacial score (nSPS) is 10.5. The third-order valence-corrected chi connectivity index (χ3v) is 3.04. The standard InChI is InChI=1S/C14H20N2O3.C2HF3O2/c1-15-9-7-13(17)16(10-8-14(18)19)11-12-5-3-2-4-6-12;3-2(4,5)1(6)7/h2-6,15H,7-11H2,1H3,(H,18,19);(H,6,7). The van der Waals surface area contributed by atoms with E-state index in [1.54, 1.807) is 4.90 Å². The second kappa shape index (κ2) is 11.9. The van der Waals surface area contributed by atoms with Crippen LogP contribution in [0.1, 0.15) is 18.4 Å². The van der Waals surface area contributed by atoms with Gasteiger partial charge in [0.15, 0.2) is 0 Å². The number of quaternary nitrogens is 1. The van der Waals surface area contributed by atoms with Crippen molar-refractivity contribution < 1.29 is 43.1 Å². The summed E-state index contributed by atoms with van der Waals surface area (Å²) in [5, 5.41) is 19.5. The zero-order valence-corrected chi connectivity index (χ0v) is 14.2. The molecule has 0 spiro atoms. The maximum atomic E-state index is 12.0. The minimum Gasteiger partial charge on any atom is -0.542 e. The topological polar surface area (TPSA) is 114 Å². The number of hydrogen-bond donors (Lipinski definition) is 2. The lowest BCUT2D eigenvalue weighted by molar-refractivity contribution is -0.625. The van der Waals surface area contributed by atoms with Crippen LogP contribution in [-0.4, -0.2) is 54.2 Å². The molecule has 3 N–H and O–H groups in total. The maximum absolute atomic E-state index is 12.0. The Morgan fingerprint density at radius 1 is 1.15 bits per heavy atom. The van der Waals surface area contributed by atoms with Crippen LogP contribution in [0.2, 0.25) is 0 Å². The van der Waals surface area contributed by atoms with Gasteiger partial charge in [-0.15, -0.1) is 0 Å². The number of alkyl halides is 3. The van der Waals surface area contributed by atoms with Crippen molar-refractivity contribution in [2.24, 2.45) is 0 Å². The minimum absolute atomic E-state index is 0.00297. The van der Waals surface area contributed by atoms with E-state index in [1.807, 2.05) is 42.7 Å². The van der Waals surface area contributed by atoms with E-state index in [4.69, 9.17) is 15.0 Å². The molecule has 0 unspecified atom stereocenters. The number of hydrogen-bond acceptors (Lipinski definition) is 4. The van der Waals surface area contributed by atoms with Crippen molar-refractivity contribution in [2.45, 2.75) is 25.6 Å². The van der Waals surface area contributed by atoms with E-state index in [0.29, 0.717) is 13.0 Å². The van der Waals surface area contributed by atoms with Gasteiger partial charge in [-0.1, -0.05) is 30.3 Å². The zero-order valence-electron chi connectivity index (χ0n) is 14.2. The van der Waals surface area contributed by atoms with E-state index in [2.05, 4.69) is 0 Å². The molecule has 0 saturated heterocycles. The number of nitrogens with zero attached hydrogens (tertiary/aromatic N) is 1. The first-order chi connectivity index (χ1) is 12.1. The quantitative estimate of drug-likeness (QED) is 0.625. The Labute approximate surface area is 148 Å². The summed E-state index contributed by atoms with van der Waals surface area (Å²) >= 11 is 0. The first-order valence-corrected chi connectivity index (χ1v) is 7.67. The molecule has 0 aliphatic rings. The van der Waals surface area contributed by atoms with Gasteiger partial charge in [0.2, 0.25) is 5.91 Å². The smallest absolute Gasteiger partial charge is 0.430 e. The molecule has 0 heterocycles. The minimum atomic E-state index is -5.19. The van der Waals surface area contributed by atoms with Gasteiger partial charge in [-0.05, 0) is 5.56 Å². The highest BCUT2D eigenvalue weighted by Gasteiger charge is 2.28. The van der Waals surface area contributed by atoms with Crippen LogP contribution in [0.15, 0.2) is 30.3 Å². The average molecular weight is 378 g/mol. The summed E-state index contributed by atoms with van der Waals surface area (Å²) in [5.41, 5.74) is 1.02. The van der Waals surface area contributed by atoms with Gasteiger partial charge in [0, 0.05) is 13.1 Å². The lowest BCUT2D eigenvalue weighted by atomic mass is 10.2. The fourth-order valence-corrected chi connectivity index (χ4v) is 1.75. The second-order valence-corrected chi connectivity index (χ2v) is 5.18. The van der Waals surface area contributed by atoms with Crippen LogP contribution in [-0.2, 0) is 20.9 Å². The van der Waals surface area contributed by atoms with Gasteiger partial charge < -0.3 is 25.2 Å². The molecule has 0 aliphatic carbocycles. The predicted molar refractivity (Wildman–Crippen MR) is 82.5 cm³/mol. The van der Waals surface area contributed by atoms with E-state index in [0.717, 1.165) is 12.1 Å². The Bertz CT molecular complexity index is 579. The van der Waals surface area contributed by atoms with Crippen molar-refractivity contribution in [3.63, 3.8) is 0 Å². The molecule has 0 radical (unpaired) electrons. The van der Waals surface area contributed by atoms with Crippen LogP contribution < -0.4 is 10.4 Å². The number of carbonyl (C=O) groups is 3. The number of nitrogens with two attached hydrogens (primary N) is 1. The van der Waals surface area contributed by atoms with Crippen molar-refractivity contribution >= 4 is 17.8 Å². The highest BCUT2D eigenvalue weighted by molar-refractivity contribution is 5.77. The molecule has 26 heavy (non-hydrogen) atoms. The molecule has 1 aromatic carbocycles. The Hall–Kier alpha value is -2.62. The SMILES string of the molecule is C[NH2+]CCC(=O)N(CCC(=O)O)Cc1ccccc1.O=C([O-])C(F)(F)F. The van der Waals surface area contributed by atoms with Gasteiger partial charge in [-0.2, -0.15) is 13.2 Å². The number of halogens is 3. The van der Waals surface area contributed by atoms with Crippen LogP contribution >= 0.6 is 0 Å². The van der Waals surface area contributed by atoms with E-state index >= 15 is 0 Å². The van der Waals surface area contributed by atoms with Crippen LogP contribution in [0.25, 0.3) is 0 Å². The number of benzene rings is 1. The van der Waals surface area contributed by atoms with Gasteiger partial charge in [0.1, 0.15) is 5.97 Å². The summed E-state index contributed by atoms with van der Waals surface area (Å²) in [6.07, 6.45) is -4.78. The molecule has 146 valence electrons. The summed E-state index contributed by atoms with van der Waals surface area (Å²) in [6.45, 7) is 1.45. The fourth-order valence-electron chi connectivity index (χ4n) is 1.75. The second-order valence-electron chi connectivity index (χ2n) is 5.18. The summed E-state index contributed by atoms with van der Waals surface area (Å²) in [4.78, 5) is 33.1. The number of rotatable bonds is 8. The van der Waals surface area contributed by atoms with E-state index in [9.17, 15) is 22.8 Å². The Balaban J connectivity index is 0.000000758. The molecule has 10 heteroatoms. The third kappa shape index (κ3) is 11.0. The highest BCUT2D eigenvalue weighted by Crippen LogP contribution is 2.11. The Morgan fingerprint density at radius 2 is 1.69 bits per heavy atom. The molecule has 1 rings (SSSR count). The van der Waals surface area contributed by atoms with Crippen molar-refractivity contribution in [1.29, 1.82) is 0 Å².